The molecule has 23 nitrogen and oxygen atoms in total. The first-order valence-electron chi connectivity index (χ1n) is 35.9. The highest BCUT2D eigenvalue weighted by molar-refractivity contribution is 5.99. The largest absolute Gasteiger partial charge is 0.370 e. The SMILES string of the molecule is CCCCCCCCCCCCCCCCCCCC(=O)NCCCN(CCCNC(=O)CCCCCCCCCCCCCCCCCCC)C(=O)/C=C\C(=O)N[C@@H](CCCN=C(N)N)C(=O)N[C@@H](CCCN=C(N)N)C(=O)N[C@@H](CCCN=C(N)N)C(N)=O. The van der Waals surface area contributed by atoms with Crippen molar-refractivity contribution in [3.8, 4) is 0 Å². The Labute approximate surface area is 549 Å². The van der Waals surface area contributed by atoms with Gasteiger partial charge in [-0.05, 0) is 64.2 Å². The van der Waals surface area contributed by atoms with Crippen LogP contribution in [0.4, 0.5) is 0 Å². The van der Waals surface area contributed by atoms with E-state index in [2.05, 4.69) is 55.4 Å². The topological polar surface area (TPSA) is 402 Å². The second-order valence-corrected chi connectivity index (χ2v) is 24.8. The molecule has 0 saturated heterocycles. The predicted octanol–water partition coefficient (Wildman–Crippen LogP) is 8.57. The van der Waals surface area contributed by atoms with Gasteiger partial charge < -0.3 is 71.6 Å². The van der Waals surface area contributed by atoms with Crippen LogP contribution in [0.25, 0.3) is 0 Å². The van der Waals surface area contributed by atoms with Crippen LogP contribution in [-0.2, 0) is 33.6 Å². The first-order valence-corrected chi connectivity index (χ1v) is 35.9. The molecule has 0 aromatic heterocycles. The van der Waals surface area contributed by atoms with Crippen molar-refractivity contribution >= 4 is 59.2 Å². The molecular weight excluding hydrogens is 1150 g/mol. The van der Waals surface area contributed by atoms with E-state index in [1.165, 1.54) is 180 Å². The van der Waals surface area contributed by atoms with E-state index in [4.69, 9.17) is 40.1 Å². The summed E-state index contributed by atoms with van der Waals surface area (Å²) in [4.78, 5) is 107. The smallest absolute Gasteiger partial charge is 0.246 e. The highest BCUT2D eigenvalue weighted by Gasteiger charge is 2.29. The van der Waals surface area contributed by atoms with Crippen LogP contribution in [0.5, 0.6) is 0 Å². The molecule has 3 atom stereocenters. The lowest BCUT2D eigenvalue weighted by atomic mass is 10.0. The number of carbonyl (C=O) groups is 7. The number of unbranched alkanes of at least 4 members (excludes halogenated alkanes) is 32. The van der Waals surface area contributed by atoms with Crippen molar-refractivity contribution in [1.29, 1.82) is 0 Å². The maximum absolute atomic E-state index is 14.0. The molecule has 0 unspecified atom stereocenters. The van der Waals surface area contributed by atoms with E-state index in [-0.39, 0.29) is 94.5 Å². The molecule has 0 heterocycles. The van der Waals surface area contributed by atoms with Gasteiger partial charge in [0.1, 0.15) is 18.1 Å². The quantitative estimate of drug-likeness (QED) is 0.0118. The second kappa shape index (κ2) is 61.4. The summed E-state index contributed by atoms with van der Waals surface area (Å²) in [6, 6.07) is -3.59. The molecule has 0 bridgehead atoms. The number of aliphatic imine (C=N–C) groups is 3. The highest BCUT2D eigenvalue weighted by atomic mass is 16.2. The predicted molar refractivity (Wildman–Crippen MR) is 373 cm³/mol. The number of guanidine groups is 3. The standard InChI is InChI=1S/C68H132N16O7/c1-3-5-7-9-11-13-15-17-19-21-23-25-27-29-31-33-35-45-59(85)76-52-40-54-84(55-41-53-77-60(86)46-36-34-32-30-28-26-24-22-20-18-16-14-12-10-8-6-4-2)62(88)48-47-61(87)81-57(43-38-50-79-67(72)73)64(90)83-58(44-39-51-80-68(74)75)65(91)82-56(63(69)89)42-37-49-78-66(70)71/h47-48,56-58H,3-46,49-55H2,1-2H3,(H2,69,89)(H,76,85)(H,77,86)(H,81,87)(H,82,91)(H,83,90)(H4,70,71,78)(H4,72,73,79)(H4,74,75,80)/b48-47-/t56-,57-,58-/m0/s1. The summed E-state index contributed by atoms with van der Waals surface area (Å²) in [5.74, 6) is -4.06. The zero-order chi connectivity index (χ0) is 67.2. The van der Waals surface area contributed by atoms with Crippen molar-refractivity contribution in [3.05, 3.63) is 12.2 Å². The number of hydrogen-bond acceptors (Lipinski definition) is 10. The van der Waals surface area contributed by atoms with Gasteiger partial charge in [-0.15, -0.1) is 0 Å². The summed E-state index contributed by atoms with van der Waals surface area (Å²) in [5.41, 5.74) is 38.5. The van der Waals surface area contributed by atoms with Gasteiger partial charge >= 0.3 is 0 Å². The molecule has 0 rings (SSSR count). The molecular formula is C68H132N16O7. The first-order chi connectivity index (χ1) is 44.0. The third kappa shape index (κ3) is 56.3. The Hall–Kier alpha value is -6.16. The van der Waals surface area contributed by atoms with Gasteiger partial charge in [0.25, 0.3) is 0 Å². The van der Waals surface area contributed by atoms with Crippen molar-refractivity contribution < 1.29 is 33.6 Å². The maximum atomic E-state index is 14.0. The molecule has 0 fully saturated rings. The number of rotatable bonds is 64. The minimum atomic E-state index is -1.24. The van der Waals surface area contributed by atoms with Gasteiger partial charge in [0.05, 0.1) is 0 Å². The average molecular weight is 1290 g/mol. The first kappa shape index (κ1) is 84.8. The fraction of sp³-hybridized carbons (Fsp3) is 0.824. The summed E-state index contributed by atoms with van der Waals surface area (Å²) >= 11 is 0. The van der Waals surface area contributed by atoms with Crippen molar-refractivity contribution in [1.82, 2.24) is 31.5 Å². The molecule has 0 radical (unpaired) electrons. The normalized spacial score (nSPS) is 12.1. The van der Waals surface area contributed by atoms with Crippen molar-refractivity contribution in [2.75, 3.05) is 45.8 Å². The Morgan fingerprint density at radius 3 is 0.945 bits per heavy atom. The van der Waals surface area contributed by atoms with E-state index < -0.39 is 47.7 Å². The minimum absolute atomic E-state index is 0.0236. The third-order valence-corrected chi connectivity index (χ3v) is 16.3. The third-order valence-electron chi connectivity index (χ3n) is 16.3. The zero-order valence-corrected chi connectivity index (χ0v) is 57.1. The lowest BCUT2D eigenvalue weighted by Gasteiger charge is -2.24. The van der Waals surface area contributed by atoms with E-state index >= 15 is 0 Å². The van der Waals surface area contributed by atoms with E-state index in [0.717, 1.165) is 50.7 Å². The molecule has 7 amide bonds. The Morgan fingerprint density at radius 2 is 0.637 bits per heavy atom. The van der Waals surface area contributed by atoms with Gasteiger partial charge in [-0.2, -0.15) is 0 Å². The molecule has 0 saturated carbocycles. The summed E-state index contributed by atoms with van der Waals surface area (Å²) in [5, 5.41) is 13.9. The summed E-state index contributed by atoms with van der Waals surface area (Å²) in [7, 11) is 0. The average Bonchev–Trinajstić information content (AvgIpc) is 3.72. The number of carbonyl (C=O) groups excluding carboxylic acids is 7. The molecule has 91 heavy (non-hydrogen) atoms. The zero-order valence-electron chi connectivity index (χ0n) is 57.1. The molecule has 0 aliphatic rings. The van der Waals surface area contributed by atoms with Crippen molar-refractivity contribution in [2.45, 2.75) is 314 Å². The summed E-state index contributed by atoms with van der Waals surface area (Å²) in [6.07, 6.45) is 48.0. The van der Waals surface area contributed by atoms with Crippen LogP contribution < -0.4 is 66.7 Å². The van der Waals surface area contributed by atoms with Crippen LogP contribution in [-0.4, -0.2) is 128 Å². The van der Waals surface area contributed by atoms with Crippen LogP contribution in [0.1, 0.15) is 296 Å². The number of nitrogens with one attached hydrogen (secondary N) is 5. The molecule has 0 aliphatic carbocycles. The number of amides is 7. The van der Waals surface area contributed by atoms with Crippen molar-refractivity contribution in [3.63, 3.8) is 0 Å². The molecule has 19 N–H and O–H groups in total. The number of nitrogens with zero attached hydrogens (tertiary/aromatic N) is 4. The Bertz CT molecular complexity index is 1950. The molecule has 0 aromatic rings. The van der Waals surface area contributed by atoms with Gasteiger partial charge in [0.2, 0.25) is 41.4 Å². The minimum Gasteiger partial charge on any atom is -0.370 e. The van der Waals surface area contributed by atoms with Crippen molar-refractivity contribution in [2.24, 2.45) is 55.1 Å². The van der Waals surface area contributed by atoms with Gasteiger partial charge in [-0.1, -0.05) is 219 Å². The Kier molecular flexibility index (Phi) is 57.2. The molecule has 23 heteroatoms. The van der Waals surface area contributed by atoms with Crippen LogP contribution >= 0.6 is 0 Å². The van der Waals surface area contributed by atoms with Gasteiger partial charge in [-0.3, -0.25) is 48.5 Å². The number of hydrogen-bond donors (Lipinski definition) is 12. The van der Waals surface area contributed by atoms with Crippen LogP contribution in [0.2, 0.25) is 0 Å². The number of nitrogens with two attached hydrogens (primary N) is 7. The molecule has 0 spiro atoms. The molecule has 0 aromatic carbocycles. The van der Waals surface area contributed by atoms with E-state index in [9.17, 15) is 33.6 Å². The maximum Gasteiger partial charge on any atom is 0.246 e. The van der Waals surface area contributed by atoms with Gasteiger partial charge in [0, 0.05) is 70.8 Å². The summed E-state index contributed by atoms with van der Waals surface area (Å²) < 4.78 is 0. The lowest BCUT2D eigenvalue weighted by Crippen LogP contribution is -2.56. The number of primary amides is 1. The lowest BCUT2D eigenvalue weighted by molar-refractivity contribution is -0.133. The molecule has 0 aliphatic heterocycles. The highest BCUT2D eigenvalue weighted by Crippen LogP contribution is 2.17. The molecule has 526 valence electrons. The van der Waals surface area contributed by atoms with E-state index in [1.807, 2.05) is 0 Å². The fourth-order valence-corrected chi connectivity index (χ4v) is 10.9. The van der Waals surface area contributed by atoms with Crippen LogP contribution in [0.3, 0.4) is 0 Å². The van der Waals surface area contributed by atoms with Gasteiger partial charge in [0.15, 0.2) is 17.9 Å². The monoisotopic (exact) mass is 1290 g/mol. The van der Waals surface area contributed by atoms with E-state index in [0.29, 0.717) is 45.2 Å². The van der Waals surface area contributed by atoms with Crippen LogP contribution in [0.15, 0.2) is 27.1 Å². The van der Waals surface area contributed by atoms with Crippen LogP contribution in [0, 0.1) is 0 Å². The van der Waals surface area contributed by atoms with E-state index in [1.54, 1.807) is 4.90 Å². The fourth-order valence-electron chi connectivity index (χ4n) is 10.9. The second-order valence-electron chi connectivity index (χ2n) is 24.8. The Morgan fingerprint density at radius 1 is 0.352 bits per heavy atom. The van der Waals surface area contributed by atoms with Gasteiger partial charge in [-0.25, -0.2) is 0 Å². The summed E-state index contributed by atoms with van der Waals surface area (Å²) in [6.45, 7) is 6.20. The Balaban J connectivity index is 5.62.